The Kier molecular flexibility index (Phi) is 10.1. The number of anilines is 2. The molecule has 0 fully saturated rings. The Morgan fingerprint density at radius 2 is 0.981 bits per heavy atom. The van der Waals surface area contributed by atoms with E-state index in [4.69, 9.17) is 28.5 Å². The molecule has 8 aromatic rings. The number of aromatic nitrogens is 4. The van der Waals surface area contributed by atoms with E-state index in [1.807, 2.05) is 115 Å². The van der Waals surface area contributed by atoms with Crippen molar-refractivity contribution in [2.75, 3.05) is 10.6 Å². The molecule has 0 amide bonds. The average molecular weight is 729 g/mol. The van der Waals surface area contributed by atoms with Gasteiger partial charge in [-0.3, -0.25) is 10.2 Å². The summed E-state index contributed by atoms with van der Waals surface area (Å²) in [6, 6.07) is 42.0. The fraction of sp³-hybridized carbons (Fsp3) is 0.0488. The highest BCUT2D eigenvalue weighted by Gasteiger charge is 2.19. The number of rotatable bonds is 8. The molecule has 2 heterocycles. The number of nitrogens with one attached hydrogen (secondary N) is 4. The first kappa shape index (κ1) is 34.2. The van der Waals surface area contributed by atoms with Crippen molar-refractivity contribution in [1.82, 2.24) is 20.4 Å². The van der Waals surface area contributed by atoms with Gasteiger partial charge in [-0.2, -0.15) is 15.5 Å². The van der Waals surface area contributed by atoms with Crippen molar-refractivity contribution in [1.29, 1.82) is 5.26 Å². The lowest BCUT2D eigenvalue weighted by molar-refractivity contribution is 0.637. The average Bonchev–Trinajstić information content (AvgIpc) is 3.81. The maximum Gasteiger partial charge on any atom is 0.168 e. The minimum absolute atomic E-state index is 0.0657. The maximum absolute atomic E-state index is 14.7. The van der Waals surface area contributed by atoms with E-state index >= 15 is 0 Å². The Morgan fingerprint density at radius 1 is 0.577 bits per heavy atom. The summed E-state index contributed by atoms with van der Waals surface area (Å²) in [7, 11) is 0. The van der Waals surface area contributed by atoms with Gasteiger partial charge in [0.15, 0.2) is 23.3 Å². The van der Waals surface area contributed by atoms with Crippen molar-refractivity contribution in [3.63, 3.8) is 0 Å². The van der Waals surface area contributed by atoms with Crippen LogP contribution in [0, 0.1) is 23.0 Å². The highest BCUT2D eigenvalue weighted by atomic mass is 35.5. The first-order valence-corrected chi connectivity index (χ1v) is 17.0. The zero-order valence-electron chi connectivity index (χ0n) is 27.4. The Morgan fingerprint density at radius 3 is 1.40 bits per heavy atom. The topological polar surface area (TPSA) is 105 Å². The van der Waals surface area contributed by atoms with Gasteiger partial charge in [0, 0.05) is 35.0 Å². The second kappa shape index (κ2) is 15.4. The first-order chi connectivity index (χ1) is 25.4. The monoisotopic (exact) mass is 727 g/mol. The number of fused-ring (bicyclic) bond motifs is 2. The van der Waals surface area contributed by atoms with Crippen molar-refractivity contribution >= 4 is 56.6 Å². The van der Waals surface area contributed by atoms with Gasteiger partial charge in [0.2, 0.25) is 0 Å². The van der Waals surface area contributed by atoms with Gasteiger partial charge in [-0.05, 0) is 46.5 Å². The molecule has 0 aliphatic rings. The van der Waals surface area contributed by atoms with E-state index in [1.54, 1.807) is 12.1 Å². The molecule has 6 aromatic carbocycles. The van der Waals surface area contributed by atoms with E-state index in [0.29, 0.717) is 57.7 Å². The molecule has 0 saturated carbocycles. The molecule has 0 spiro atoms. The van der Waals surface area contributed by atoms with Gasteiger partial charge >= 0.3 is 0 Å². The summed E-state index contributed by atoms with van der Waals surface area (Å²) in [5.41, 5.74) is 6.25. The number of nitrogens with zero attached hydrogens (tertiary/aromatic N) is 3. The minimum atomic E-state index is -0.521. The molecular formula is C41H29Cl2F2N7. The quantitative estimate of drug-likeness (QED) is 0.125. The van der Waals surface area contributed by atoms with Crippen LogP contribution in [-0.4, -0.2) is 20.4 Å². The van der Waals surface area contributed by atoms with Gasteiger partial charge in [0.1, 0.15) is 11.0 Å². The van der Waals surface area contributed by atoms with Gasteiger partial charge in [0.05, 0.1) is 21.7 Å². The molecule has 4 N–H and O–H groups in total. The summed E-state index contributed by atoms with van der Waals surface area (Å²) in [5, 5.41) is 30.7. The molecule has 0 aliphatic carbocycles. The maximum atomic E-state index is 14.7. The highest BCUT2D eigenvalue weighted by molar-refractivity contribution is 6.35. The summed E-state index contributed by atoms with van der Waals surface area (Å²) in [5.74, 6) is 0.138. The smallest absolute Gasteiger partial charge is 0.168 e. The van der Waals surface area contributed by atoms with Crippen LogP contribution in [0.1, 0.15) is 16.7 Å². The van der Waals surface area contributed by atoms with Crippen molar-refractivity contribution < 1.29 is 8.78 Å². The molecule has 0 unspecified atom stereocenters. The van der Waals surface area contributed by atoms with E-state index in [-0.39, 0.29) is 15.6 Å². The third-order valence-corrected chi connectivity index (χ3v) is 9.24. The van der Waals surface area contributed by atoms with Crippen molar-refractivity contribution in [2.24, 2.45) is 0 Å². The van der Waals surface area contributed by atoms with Crippen LogP contribution < -0.4 is 10.6 Å². The van der Waals surface area contributed by atoms with Gasteiger partial charge in [-0.25, -0.2) is 8.78 Å². The number of hydrogen-bond acceptors (Lipinski definition) is 5. The summed E-state index contributed by atoms with van der Waals surface area (Å²) < 4.78 is 29.4. The van der Waals surface area contributed by atoms with Crippen LogP contribution in [0.4, 0.5) is 20.4 Å². The SMILES string of the molecule is Fc1c(Cl)c(-c2ccccc2)cc2c(NCc3ccccc3)n[nH]c12.N#Cc1ccc(CNc2n[nH]c3c(F)c(Cl)c(-c4ccccc4)cc23)cc1. The second-order valence-electron chi connectivity index (χ2n) is 11.8. The molecule has 2 aromatic heterocycles. The lowest BCUT2D eigenvalue weighted by Crippen LogP contribution is -2.00. The molecule has 0 saturated heterocycles. The van der Waals surface area contributed by atoms with Crippen LogP contribution in [0.15, 0.2) is 127 Å². The Labute approximate surface area is 307 Å². The van der Waals surface area contributed by atoms with Gasteiger partial charge in [-0.15, -0.1) is 0 Å². The summed E-state index contributed by atoms with van der Waals surface area (Å²) in [6.45, 7) is 1.10. The molecule has 0 atom stereocenters. The van der Waals surface area contributed by atoms with Crippen molar-refractivity contribution in [3.05, 3.63) is 166 Å². The molecule has 52 heavy (non-hydrogen) atoms. The third-order valence-electron chi connectivity index (χ3n) is 8.50. The molecular weight excluding hydrogens is 699 g/mol. The standard InChI is InChI=1S/C21H14ClFN4.C20H15ClFN3/c22-18-16(15-4-2-1-3-5-15)10-17-20(19(18)23)26-27-21(17)25-12-14-8-6-13(11-24)7-9-14;21-17-15(14-9-5-2-6-10-14)11-16-19(18(17)22)24-25-20(16)23-12-13-7-3-1-4-8-13/h1-10H,12H2,(H2,25,26,27);1-11H,12H2,(H2,23,24,25). The number of hydrogen-bond donors (Lipinski definition) is 4. The molecule has 8 rings (SSSR count). The van der Waals surface area contributed by atoms with E-state index in [0.717, 1.165) is 22.3 Å². The van der Waals surface area contributed by atoms with Crippen molar-refractivity contribution in [3.8, 4) is 28.3 Å². The van der Waals surface area contributed by atoms with Crippen LogP contribution in [0.25, 0.3) is 44.1 Å². The van der Waals surface area contributed by atoms with E-state index in [9.17, 15) is 8.78 Å². The number of H-pyrrole nitrogens is 2. The molecule has 11 heteroatoms. The Balaban J connectivity index is 0.000000162. The van der Waals surface area contributed by atoms with Crippen LogP contribution in [0.2, 0.25) is 10.0 Å². The summed E-state index contributed by atoms with van der Waals surface area (Å²) in [6.07, 6.45) is 0. The van der Waals surface area contributed by atoms with Crippen LogP contribution in [0.3, 0.4) is 0 Å². The molecule has 256 valence electrons. The first-order valence-electron chi connectivity index (χ1n) is 16.2. The summed E-state index contributed by atoms with van der Waals surface area (Å²) in [4.78, 5) is 0. The van der Waals surface area contributed by atoms with Crippen molar-refractivity contribution in [2.45, 2.75) is 13.1 Å². The van der Waals surface area contributed by atoms with Gasteiger partial charge in [-0.1, -0.05) is 126 Å². The van der Waals surface area contributed by atoms with Crippen LogP contribution in [0.5, 0.6) is 0 Å². The normalized spacial score (nSPS) is 10.8. The Bertz CT molecular complexity index is 2510. The second-order valence-corrected chi connectivity index (χ2v) is 12.6. The lowest BCUT2D eigenvalue weighted by atomic mass is 10.0. The molecule has 0 bridgehead atoms. The molecule has 0 radical (unpaired) electrons. The number of benzene rings is 6. The minimum Gasteiger partial charge on any atom is -0.364 e. The molecule has 0 aliphatic heterocycles. The summed E-state index contributed by atoms with van der Waals surface area (Å²) >= 11 is 12.5. The largest absolute Gasteiger partial charge is 0.364 e. The fourth-order valence-corrected chi connectivity index (χ4v) is 6.29. The third kappa shape index (κ3) is 7.16. The van der Waals surface area contributed by atoms with E-state index < -0.39 is 11.6 Å². The van der Waals surface area contributed by atoms with Crippen LogP contribution >= 0.6 is 23.2 Å². The van der Waals surface area contributed by atoms with Gasteiger partial charge in [0.25, 0.3) is 0 Å². The highest BCUT2D eigenvalue weighted by Crippen LogP contribution is 2.38. The van der Waals surface area contributed by atoms with Gasteiger partial charge < -0.3 is 10.6 Å². The van der Waals surface area contributed by atoms with E-state index in [1.165, 1.54) is 0 Å². The Hall–Kier alpha value is -6.21. The fourth-order valence-electron chi connectivity index (χ4n) is 5.78. The zero-order valence-corrected chi connectivity index (χ0v) is 28.9. The number of halogens is 4. The zero-order chi connectivity index (χ0) is 36.0. The predicted octanol–water partition coefficient (Wildman–Crippen LogP) is 11.1. The number of nitriles is 1. The number of aromatic amines is 2. The van der Waals surface area contributed by atoms with Crippen LogP contribution in [-0.2, 0) is 13.1 Å². The predicted molar refractivity (Wildman–Crippen MR) is 205 cm³/mol. The van der Waals surface area contributed by atoms with E-state index in [2.05, 4.69) is 37.1 Å². The molecule has 7 nitrogen and oxygen atoms in total. The lowest BCUT2D eigenvalue weighted by Gasteiger charge is -2.08.